The van der Waals surface area contributed by atoms with E-state index < -0.39 is 0 Å². The van der Waals surface area contributed by atoms with E-state index in [0.29, 0.717) is 27.4 Å². The normalized spacial score (nSPS) is 15.1. The van der Waals surface area contributed by atoms with Crippen LogP contribution < -0.4 is 15.6 Å². The van der Waals surface area contributed by atoms with Crippen LogP contribution in [0.15, 0.2) is 47.3 Å². The van der Waals surface area contributed by atoms with Gasteiger partial charge in [-0.25, -0.2) is 5.10 Å². The Morgan fingerprint density at radius 3 is 2.62 bits per heavy atom. The second kappa shape index (κ2) is 10.3. The van der Waals surface area contributed by atoms with Crippen molar-refractivity contribution in [3.63, 3.8) is 0 Å². The number of nitrogens with one attached hydrogen (secondary N) is 2. The van der Waals surface area contributed by atoms with E-state index in [9.17, 15) is 9.59 Å². The van der Waals surface area contributed by atoms with Crippen LogP contribution in [0.4, 0.5) is 0 Å². The molecule has 1 amide bonds. The Bertz CT molecular complexity index is 1160. The fourth-order valence-corrected chi connectivity index (χ4v) is 4.16. The highest BCUT2D eigenvalue weighted by atomic mass is 35.5. The predicted octanol–water partition coefficient (Wildman–Crippen LogP) is 3.89. The first kappa shape index (κ1) is 22.6. The number of amides is 1. The Morgan fingerprint density at radius 2 is 1.88 bits per heavy atom. The second-order valence-corrected chi connectivity index (χ2v) is 8.61. The van der Waals surface area contributed by atoms with Crippen molar-refractivity contribution in [3.8, 4) is 5.75 Å². The average Bonchev–Trinajstić information content (AvgIpc) is 2.80. The molecule has 32 heavy (non-hydrogen) atoms. The van der Waals surface area contributed by atoms with E-state index in [1.165, 1.54) is 0 Å². The van der Waals surface area contributed by atoms with Crippen molar-refractivity contribution in [1.29, 1.82) is 0 Å². The number of fused-ring (bicyclic) bond motifs is 1. The van der Waals surface area contributed by atoms with E-state index in [0.717, 1.165) is 44.6 Å². The molecule has 0 spiro atoms. The largest absolute Gasteiger partial charge is 0.490 e. The number of aromatic nitrogens is 2. The number of likely N-dealkylation sites (tertiary alicyclic amines) is 1. The van der Waals surface area contributed by atoms with E-state index in [2.05, 4.69) is 20.4 Å². The molecule has 4 rings (SSSR count). The van der Waals surface area contributed by atoms with Crippen LogP contribution in [-0.4, -0.2) is 53.3 Å². The number of hydrogen-bond acceptors (Lipinski definition) is 5. The summed E-state index contributed by atoms with van der Waals surface area (Å²) < 4.78 is 6.03. The molecule has 1 fully saturated rings. The molecule has 3 aromatic rings. The third-order valence-electron chi connectivity index (χ3n) is 5.58. The summed E-state index contributed by atoms with van der Waals surface area (Å²) in [5.41, 5.74) is -0.0656. The lowest BCUT2D eigenvalue weighted by molar-refractivity contribution is 0.0932. The van der Waals surface area contributed by atoms with Crippen molar-refractivity contribution in [2.24, 2.45) is 0 Å². The zero-order chi connectivity index (χ0) is 22.5. The van der Waals surface area contributed by atoms with Crippen LogP contribution in [0.25, 0.3) is 10.8 Å². The third-order valence-corrected chi connectivity index (χ3v) is 6.32. The van der Waals surface area contributed by atoms with Crippen LogP contribution in [0, 0.1) is 0 Å². The molecule has 2 heterocycles. The van der Waals surface area contributed by atoms with Gasteiger partial charge in [0.25, 0.3) is 11.5 Å². The van der Waals surface area contributed by atoms with Gasteiger partial charge in [-0.05, 0) is 44.0 Å². The molecule has 0 saturated carbocycles. The van der Waals surface area contributed by atoms with Crippen LogP contribution in [0.2, 0.25) is 10.0 Å². The predicted molar refractivity (Wildman–Crippen MR) is 126 cm³/mol. The fourth-order valence-electron chi connectivity index (χ4n) is 3.87. The number of piperidine rings is 1. The summed E-state index contributed by atoms with van der Waals surface area (Å²) in [7, 11) is 0. The highest BCUT2D eigenvalue weighted by Gasteiger charge is 2.21. The molecule has 1 aliphatic heterocycles. The Hall–Kier alpha value is -2.61. The first-order chi connectivity index (χ1) is 15.5. The zero-order valence-corrected chi connectivity index (χ0v) is 19.0. The number of ether oxygens (including phenoxy) is 1. The Balaban J connectivity index is 1.20. The molecular formula is C23H24Cl2N4O3. The fraction of sp³-hybridized carbons (Fsp3) is 0.348. The summed E-state index contributed by atoms with van der Waals surface area (Å²) in [6.45, 7) is 3.30. The minimum absolute atomic E-state index is 0.155. The highest BCUT2D eigenvalue weighted by molar-refractivity contribution is 6.42. The van der Waals surface area contributed by atoms with E-state index in [4.69, 9.17) is 27.9 Å². The van der Waals surface area contributed by atoms with Crippen molar-refractivity contribution < 1.29 is 9.53 Å². The van der Waals surface area contributed by atoms with E-state index >= 15 is 0 Å². The number of carbonyl (C=O) groups is 1. The summed E-state index contributed by atoms with van der Waals surface area (Å²) in [4.78, 5) is 26.8. The van der Waals surface area contributed by atoms with Crippen LogP contribution in [-0.2, 0) is 0 Å². The molecule has 2 aromatic carbocycles. The number of rotatable bonds is 7. The van der Waals surface area contributed by atoms with Crippen molar-refractivity contribution in [1.82, 2.24) is 20.4 Å². The van der Waals surface area contributed by atoms with Gasteiger partial charge >= 0.3 is 0 Å². The third kappa shape index (κ3) is 5.41. The van der Waals surface area contributed by atoms with Gasteiger partial charge in [0.15, 0.2) is 5.69 Å². The summed E-state index contributed by atoms with van der Waals surface area (Å²) in [5, 5.41) is 11.3. The van der Waals surface area contributed by atoms with E-state index in [1.807, 2.05) is 6.07 Å². The molecular weight excluding hydrogens is 451 g/mol. The van der Waals surface area contributed by atoms with E-state index in [1.54, 1.807) is 36.4 Å². The Morgan fingerprint density at radius 1 is 1.12 bits per heavy atom. The zero-order valence-electron chi connectivity index (χ0n) is 17.4. The quantitative estimate of drug-likeness (QED) is 0.507. The van der Waals surface area contributed by atoms with Crippen molar-refractivity contribution in [2.75, 3.05) is 26.2 Å². The van der Waals surface area contributed by atoms with Gasteiger partial charge in [-0.3, -0.25) is 9.59 Å². The molecule has 168 valence electrons. The maximum Gasteiger partial charge on any atom is 0.272 e. The number of carbonyl (C=O) groups excluding carboxylic acids is 1. The number of H-pyrrole nitrogens is 1. The second-order valence-electron chi connectivity index (χ2n) is 7.79. The van der Waals surface area contributed by atoms with Gasteiger partial charge < -0.3 is 15.0 Å². The van der Waals surface area contributed by atoms with E-state index in [-0.39, 0.29) is 23.3 Å². The number of aromatic amines is 1. The minimum atomic E-state index is -0.302. The van der Waals surface area contributed by atoms with Gasteiger partial charge in [0.05, 0.1) is 15.4 Å². The summed E-state index contributed by atoms with van der Waals surface area (Å²) >= 11 is 12.0. The van der Waals surface area contributed by atoms with Gasteiger partial charge in [-0.1, -0.05) is 41.4 Å². The van der Waals surface area contributed by atoms with Crippen LogP contribution in [0.3, 0.4) is 0 Å². The molecule has 1 aliphatic rings. The number of halogens is 2. The molecule has 0 unspecified atom stereocenters. The maximum atomic E-state index is 12.5. The van der Waals surface area contributed by atoms with Gasteiger partial charge in [0.1, 0.15) is 11.9 Å². The lowest BCUT2D eigenvalue weighted by atomic mass is 10.1. The maximum absolute atomic E-state index is 12.5. The molecule has 0 bridgehead atoms. The Kier molecular flexibility index (Phi) is 7.29. The Labute approximate surface area is 195 Å². The van der Waals surface area contributed by atoms with Gasteiger partial charge in [0, 0.05) is 31.1 Å². The first-order valence-corrected chi connectivity index (χ1v) is 11.4. The average molecular weight is 475 g/mol. The van der Waals surface area contributed by atoms with Crippen LogP contribution >= 0.6 is 23.2 Å². The summed E-state index contributed by atoms with van der Waals surface area (Å²) in [5.74, 6) is 0.454. The van der Waals surface area contributed by atoms with Gasteiger partial charge in [0.2, 0.25) is 0 Å². The summed E-state index contributed by atoms with van der Waals surface area (Å²) in [6, 6.07) is 12.3. The standard InChI is InChI=1S/C23H24Cl2N4O3/c24-19-7-6-16(14-20(19)25)32-15-8-12-29(13-9-15)11-3-10-26-23(31)21-17-4-1-2-5-18(17)22(30)28-27-21/h1-2,4-7,14-15H,3,8-13H2,(H,26,31)(H,28,30). The molecule has 2 N–H and O–H groups in total. The van der Waals surface area contributed by atoms with Crippen molar-refractivity contribution in [2.45, 2.75) is 25.4 Å². The van der Waals surface area contributed by atoms with Crippen molar-refractivity contribution in [3.05, 3.63) is 68.6 Å². The smallest absolute Gasteiger partial charge is 0.272 e. The van der Waals surface area contributed by atoms with Crippen LogP contribution in [0.1, 0.15) is 29.8 Å². The SMILES string of the molecule is O=C(NCCCN1CCC(Oc2ccc(Cl)c(Cl)c2)CC1)c1n[nH]c(=O)c2ccccc12. The molecule has 1 saturated heterocycles. The molecule has 0 aliphatic carbocycles. The lowest BCUT2D eigenvalue weighted by Crippen LogP contribution is -2.39. The molecule has 1 aromatic heterocycles. The molecule has 0 radical (unpaired) electrons. The molecule has 9 heteroatoms. The first-order valence-electron chi connectivity index (χ1n) is 10.6. The lowest BCUT2D eigenvalue weighted by Gasteiger charge is -2.32. The van der Waals surface area contributed by atoms with Crippen molar-refractivity contribution >= 4 is 39.9 Å². The minimum Gasteiger partial charge on any atom is -0.490 e. The summed E-state index contributed by atoms with van der Waals surface area (Å²) in [6.07, 6.45) is 2.84. The van der Waals surface area contributed by atoms with Gasteiger partial charge in [-0.15, -0.1) is 0 Å². The molecule has 0 atom stereocenters. The number of hydrogen-bond donors (Lipinski definition) is 2. The van der Waals surface area contributed by atoms with Gasteiger partial charge in [-0.2, -0.15) is 5.10 Å². The number of benzene rings is 2. The molecule has 7 nitrogen and oxygen atoms in total. The number of nitrogens with zero attached hydrogens (tertiary/aromatic N) is 2. The monoisotopic (exact) mass is 474 g/mol. The van der Waals surface area contributed by atoms with Crippen LogP contribution in [0.5, 0.6) is 5.75 Å². The highest BCUT2D eigenvalue weighted by Crippen LogP contribution is 2.28. The topological polar surface area (TPSA) is 87.3 Å².